The van der Waals surface area contributed by atoms with Crippen molar-refractivity contribution in [3.8, 4) is 0 Å². The van der Waals surface area contributed by atoms with Gasteiger partial charge < -0.3 is 0 Å². The zero-order valence-electron chi connectivity index (χ0n) is 5.72. The summed E-state index contributed by atoms with van der Waals surface area (Å²) in [5, 5.41) is 0. The second-order valence-corrected chi connectivity index (χ2v) is 2.84. The molecule has 1 unspecified atom stereocenters. The Bertz CT molecular complexity index is 92.2. The predicted octanol–water partition coefficient (Wildman–Crippen LogP) is 2.61. The normalized spacial score (nSPS) is 37.8. The third-order valence-electron chi connectivity index (χ3n) is 2.13. The Balaban J connectivity index is 2.47. The average Bonchev–Trinajstić information content (AvgIpc) is 1.77. The van der Waals surface area contributed by atoms with E-state index in [0.717, 1.165) is 11.8 Å². The highest BCUT2D eigenvalue weighted by molar-refractivity contribution is 4.93. The smallest absolute Gasteiger partial charge is 0.0236 e. The molecule has 0 saturated carbocycles. The van der Waals surface area contributed by atoms with E-state index in [4.69, 9.17) is 0 Å². The molecule has 1 aliphatic rings. The van der Waals surface area contributed by atoms with Crippen LogP contribution in [0.2, 0.25) is 0 Å². The first-order valence-corrected chi connectivity index (χ1v) is 3.47. The Labute approximate surface area is 51.6 Å². The molecule has 1 rings (SSSR count). The topological polar surface area (TPSA) is 0 Å². The summed E-state index contributed by atoms with van der Waals surface area (Å²) >= 11 is 0. The van der Waals surface area contributed by atoms with Gasteiger partial charge in [-0.05, 0) is 24.7 Å². The number of rotatable bonds is 0. The van der Waals surface area contributed by atoms with Gasteiger partial charge in [0.25, 0.3) is 0 Å². The van der Waals surface area contributed by atoms with Gasteiger partial charge in [-0.3, -0.25) is 0 Å². The molecule has 0 bridgehead atoms. The minimum Gasteiger partial charge on any atom is -0.0882 e. The molecule has 0 heteroatoms. The summed E-state index contributed by atoms with van der Waals surface area (Å²) in [6.45, 7) is 4.62. The molecule has 1 aliphatic carbocycles. The van der Waals surface area contributed by atoms with Crippen LogP contribution >= 0.6 is 0 Å². The van der Waals surface area contributed by atoms with Gasteiger partial charge in [0.05, 0.1) is 0 Å². The van der Waals surface area contributed by atoms with Crippen LogP contribution in [0.15, 0.2) is 12.2 Å². The zero-order chi connectivity index (χ0) is 5.98. The summed E-state index contributed by atoms with van der Waals surface area (Å²) < 4.78 is 0. The van der Waals surface area contributed by atoms with Crippen LogP contribution in [-0.2, 0) is 0 Å². The third kappa shape index (κ3) is 1.12. The molecule has 46 valence electrons. The van der Waals surface area contributed by atoms with Crippen molar-refractivity contribution in [2.75, 3.05) is 0 Å². The lowest BCUT2D eigenvalue weighted by atomic mass is 9.87. The first-order chi connectivity index (χ1) is 3.80. The van der Waals surface area contributed by atoms with Crippen LogP contribution in [0.3, 0.4) is 0 Å². The number of allylic oxidation sites excluding steroid dienone is 2. The minimum absolute atomic E-state index is 0.823. The third-order valence-corrected chi connectivity index (χ3v) is 2.13. The van der Waals surface area contributed by atoms with Crippen LogP contribution in [0.25, 0.3) is 0 Å². The van der Waals surface area contributed by atoms with Crippen molar-refractivity contribution in [2.45, 2.75) is 26.7 Å². The molecule has 0 fully saturated rings. The van der Waals surface area contributed by atoms with Crippen LogP contribution in [0, 0.1) is 11.8 Å². The first kappa shape index (κ1) is 5.87. The molecular formula is C8H14. The predicted molar refractivity (Wildman–Crippen MR) is 36.7 cm³/mol. The van der Waals surface area contributed by atoms with E-state index >= 15 is 0 Å². The largest absolute Gasteiger partial charge is 0.0882 e. The molecule has 0 aliphatic heterocycles. The second kappa shape index (κ2) is 2.34. The summed E-state index contributed by atoms with van der Waals surface area (Å²) in [6.07, 6.45) is 7.31. The van der Waals surface area contributed by atoms with Crippen molar-refractivity contribution in [2.24, 2.45) is 11.8 Å². The van der Waals surface area contributed by atoms with Gasteiger partial charge in [0.15, 0.2) is 0 Å². The minimum atomic E-state index is 0.823. The van der Waals surface area contributed by atoms with Gasteiger partial charge >= 0.3 is 0 Å². The van der Waals surface area contributed by atoms with Crippen molar-refractivity contribution >= 4 is 0 Å². The lowest BCUT2D eigenvalue weighted by molar-refractivity contribution is 0.413. The summed E-state index contributed by atoms with van der Waals surface area (Å²) in [5.41, 5.74) is 0. The van der Waals surface area contributed by atoms with E-state index < -0.39 is 0 Å². The lowest BCUT2D eigenvalue weighted by Gasteiger charge is -2.19. The Morgan fingerprint density at radius 2 is 2.12 bits per heavy atom. The molecule has 0 N–H and O–H groups in total. The van der Waals surface area contributed by atoms with Crippen LogP contribution in [0.5, 0.6) is 0 Å². The number of hydrogen-bond donors (Lipinski definition) is 0. The summed E-state index contributed by atoms with van der Waals surface area (Å²) in [7, 11) is 0. The molecular weight excluding hydrogens is 96.1 g/mol. The van der Waals surface area contributed by atoms with Crippen molar-refractivity contribution in [1.29, 1.82) is 0 Å². The lowest BCUT2D eigenvalue weighted by Crippen LogP contribution is -2.07. The Hall–Kier alpha value is -0.260. The van der Waals surface area contributed by atoms with Crippen molar-refractivity contribution in [3.05, 3.63) is 12.2 Å². The molecule has 8 heavy (non-hydrogen) atoms. The van der Waals surface area contributed by atoms with Gasteiger partial charge in [-0.2, -0.15) is 0 Å². The fraction of sp³-hybridized carbons (Fsp3) is 0.750. The van der Waals surface area contributed by atoms with E-state index in [9.17, 15) is 0 Å². The molecule has 0 radical (unpaired) electrons. The van der Waals surface area contributed by atoms with E-state index in [0.29, 0.717) is 0 Å². The van der Waals surface area contributed by atoms with Crippen LogP contribution in [-0.4, -0.2) is 0 Å². The van der Waals surface area contributed by atoms with Crippen LogP contribution in [0.4, 0.5) is 0 Å². The van der Waals surface area contributed by atoms with E-state index in [1.54, 1.807) is 0 Å². The quantitative estimate of drug-likeness (QED) is 0.420. The monoisotopic (exact) mass is 110 g/mol. The highest BCUT2D eigenvalue weighted by atomic mass is 14.2. The highest BCUT2D eigenvalue weighted by Gasteiger charge is 2.10. The van der Waals surface area contributed by atoms with Gasteiger partial charge in [-0.15, -0.1) is 0 Å². The summed E-state index contributed by atoms with van der Waals surface area (Å²) in [5.74, 6) is 1.74. The van der Waals surface area contributed by atoms with E-state index in [1.807, 2.05) is 0 Å². The Kier molecular flexibility index (Phi) is 1.72. The first-order valence-electron chi connectivity index (χ1n) is 3.47. The maximum absolute atomic E-state index is 2.33. The Morgan fingerprint density at radius 3 is 2.50 bits per heavy atom. The SMILES string of the molecule is CC1C=CCC[C@@H]1C. The van der Waals surface area contributed by atoms with Crippen LogP contribution < -0.4 is 0 Å². The fourth-order valence-corrected chi connectivity index (χ4v) is 1.12. The number of hydrogen-bond acceptors (Lipinski definition) is 0. The van der Waals surface area contributed by atoms with Crippen molar-refractivity contribution in [1.82, 2.24) is 0 Å². The average molecular weight is 110 g/mol. The standard InChI is InChI=1S/C8H14/c1-7-5-3-4-6-8(7)2/h3,5,7-8H,4,6H2,1-2H3/t7?,8-/m0/s1. The van der Waals surface area contributed by atoms with Gasteiger partial charge in [0, 0.05) is 0 Å². The maximum atomic E-state index is 2.33. The fourth-order valence-electron chi connectivity index (χ4n) is 1.12. The molecule has 2 atom stereocenters. The van der Waals surface area contributed by atoms with Gasteiger partial charge in [-0.25, -0.2) is 0 Å². The van der Waals surface area contributed by atoms with Gasteiger partial charge in [0.2, 0.25) is 0 Å². The highest BCUT2D eigenvalue weighted by Crippen LogP contribution is 2.22. The van der Waals surface area contributed by atoms with Gasteiger partial charge in [-0.1, -0.05) is 26.0 Å². The second-order valence-electron chi connectivity index (χ2n) is 2.84. The molecule has 0 aromatic rings. The van der Waals surface area contributed by atoms with Gasteiger partial charge in [0.1, 0.15) is 0 Å². The molecule has 0 amide bonds. The molecule has 0 spiro atoms. The van der Waals surface area contributed by atoms with Crippen molar-refractivity contribution in [3.63, 3.8) is 0 Å². The summed E-state index contributed by atoms with van der Waals surface area (Å²) in [6, 6.07) is 0. The van der Waals surface area contributed by atoms with E-state index in [-0.39, 0.29) is 0 Å². The molecule has 0 heterocycles. The van der Waals surface area contributed by atoms with E-state index in [2.05, 4.69) is 26.0 Å². The molecule has 0 saturated heterocycles. The van der Waals surface area contributed by atoms with Crippen LogP contribution in [0.1, 0.15) is 26.7 Å². The molecule has 0 aromatic heterocycles. The summed E-state index contributed by atoms with van der Waals surface area (Å²) in [4.78, 5) is 0. The van der Waals surface area contributed by atoms with Crippen molar-refractivity contribution < 1.29 is 0 Å². The molecule has 0 aromatic carbocycles. The van der Waals surface area contributed by atoms with E-state index in [1.165, 1.54) is 12.8 Å². The Morgan fingerprint density at radius 1 is 1.38 bits per heavy atom. The molecule has 0 nitrogen and oxygen atoms in total. The zero-order valence-corrected chi connectivity index (χ0v) is 5.72. The maximum Gasteiger partial charge on any atom is -0.0236 e.